The first-order valence-corrected chi connectivity index (χ1v) is 9.44. The molecular formula is C16H26BBr2N2O+. The van der Waals surface area contributed by atoms with Crippen molar-refractivity contribution in [2.24, 2.45) is 0 Å². The predicted octanol–water partition coefficient (Wildman–Crippen LogP) is 3.86. The highest BCUT2D eigenvalue weighted by Crippen LogP contribution is 2.39. The SMILES string of the molecule is C[N+](C)=C1C[N+](C)(Cc2ccc(C(C)(C)C)cc2)[B-](Br)(Br)O1. The maximum absolute atomic E-state index is 6.09. The van der Waals surface area contributed by atoms with Crippen LogP contribution in [0.2, 0.25) is 0 Å². The van der Waals surface area contributed by atoms with Crippen LogP contribution >= 0.6 is 31.5 Å². The molecule has 1 aliphatic heterocycles. The van der Waals surface area contributed by atoms with Gasteiger partial charge in [-0.2, -0.15) is 0 Å². The molecule has 0 aliphatic carbocycles. The van der Waals surface area contributed by atoms with Crippen molar-refractivity contribution in [1.82, 2.24) is 0 Å². The van der Waals surface area contributed by atoms with Crippen LogP contribution in [0.4, 0.5) is 0 Å². The van der Waals surface area contributed by atoms with Gasteiger partial charge in [-0.25, -0.2) is 36.1 Å². The summed E-state index contributed by atoms with van der Waals surface area (Å²) in [4.78, 5) is 0. The molecule has 122 valence electrons. The van der Waals surface area contributed by atoms with Gasteiger partial charge in [-0.15, -0.1) is 0 Å². The molecule has 0 radical (unpaired) electrons. The van der Waals surface area contributed by atoms with E-state index in [1.54, 1.807) is 0 Å². The van der Waals surface area contributed by atoms with E-state index in [2.05, 4.69) is 83.6 Å². The van der Waals surface area contributed by atoms with Gasteiger partial charge in [0, 0.05) is 12.6 Å². The van der Waals surface area contributed by atoms with Crippen LogP contribution in [0.25, 0.3) is 0 Å². The molecule has 1 unspecified atom stereocenters. The quantitative estimate of drug-likeness (QED) is 0.510. The zero-order chi connectivity index (χ0) is 16.8. The van der Waals surface area contributed by atoms with E-state index in [0.717, 1.165) is 23.4 Å². The van der Waals surface area contributed by atoms with Crippen LogP contribution < -0.4 is 0 Å². The van der Waals surface area contributed by atoms with E-state index in [1.165, 1.54) is 11.1 Å². The summed E-state index contributed by atoms with van der Waals surface area (Å²) in [6, 6.07) is 8.96. The van der Waals surface area contributed by atoms with Crippen LogP contribution in [-0.4, -0.2) is 46.7 Å². The number of quaternary nitrogens is 1. The average molecular weight is 433 g/mol. The maximum Gasteiger partial charge on any atom is 0.513 e. The molecule has 1 fully saturated rings. The summed E-state index contributed by atoms with van der Waals surface area (Å²) in [5.74, 6) is 1.00. The molecule has 1 saturated heterocycles. The maximum atomic E-state index is 6.09. The fourth-order valence-corrected chi connectivity index (χ4v) is 3.69. The molecule has 0 amide bonds. The summed E-state index contributed by atoms with van der Waals surface area (Å²) in [6.45, 7) is 8.51. The zero-order valence-electron chi connectivity index (χ0n) is 14.4. The van der Waals surface area contributed by atoms with Crippen molar-refractivity contribution in [2.75, 3.05) is 27.7 Å². The standard InChI is InChI=1S/C16H26BBr2N2O/c1-16(2,3)14-9-7-13(8-10-14)11-21(6)12-15(20(4)5)22-17(21,18)19/h7-10H,11-12H2,1-6H3/q+1. The Morgan fingerprint density at radius 1 is 1.18 bits per heavy atom. The van der Waals surface area contributed by atoms with Gasteiger partial charge in [0.15, 0.2) is 6.54 Å². The first-order chi connectivity index (χ1) is 9.95. The minimum Gasteiger partial charge on any atom is -0.598 e. The number of hydrogen-bond donors (Lipinski definition) is 0. The zero-order valence-corrected chi connectivity index (χ0v) is 17.5. The highest BCUT2D eigenvalue weighted by atomic mass is 79.9. The second kappa shape index (κ2) is 5.95. The second-order valence-electron chi connectivity index (χ2n) is 7.71. The smallest absolute Gasteiger partial charge is 0.513 e. The van der Waals surface area contributed by atoms with Gasteiger partial charge in [0.25, 0.3) is 0 Å². The van der Waals surface area contributed by atoms with Crippen molar-refractivity contribution < 1.29 is 13.6 Å². The molecule has 0 aromatic heterocycles. The molecular weight excluding hydrogens is 407 g/mol. The lowest BCUT2D eigenvalue weighted by atomic mass is 9.86. The Balaban J connectivity index is 2.24. The minimum absolute atomic E-state index is 0.193. The van der Waals surface area contributed by atoms with Gasteiger partial charge in [-0.1, -0.05) is 45.0 Å². The van der Waals surface area contributed by atoms with Gasteiger partial charge in [-0.3, -0.25) is 0 Å². The topological polar surface area (TPSA) is 12.2 Å². The van der Waals surface area contributed by atoms with Crippen molar-refractivity contribution in [3.8, 4) is 0 Å². The molecule has 0 bridgehead atoms. The van der Waals surface area contributed by atoms with Gasteiger partial charge < -0.3 is 9.05 Å². The van der Waals surface area contributed by atoms with Gasteiger partial charge in [0.1, 0.15) is 14.1 Å². The normalized spacial score (nSPS) is 24.3. The first kappa shape index (κ1) is 18.0. The predicted molar refractivity (Wildman–Crippen MR) is 102 cm³/mol. The van der Waals surface area contributed by atoms with Crippen molar-refractivity contribution >= 4 is 41.5 Å². The number of likely N-dealkylation sites (N-methyl/N-ethyl adjacent to an activating group) is 1. The van der Waals surface area contributed by atoms with Gasteiger partial charge in [-0.05, 0) is 11.0 Å². The van der Waals surface area contributed by atoms with Crippen LogP contribution in [0.5, 0.6) is 0 Å². The molecule has 2 rings (SSSR count). The molecule has 1 atom stereocenters. The lowest BCUT2D eigenvalue weighted by Gasteiger charge is -2.43. The Morgan fingerprint density at radius 2 is 1.73 bits per heavy atom. The number of rotatable bonds is 2. The molecule has 22 heavy (non-hydrogen) atoms. The molecule has 0 N–H and O–H groups in total. The monoisotopic (exact) mass is 431 g/mol. The third-order valence-electron chi connectivity index (χ3n) is 4.36. The third kappa shape index (κ3) is 3.60. The highest BCUT2D eigenvalue weighted by molar-refractivity contribution is 9.50. The van der Waals surface area contributed by atoms with E-state index in [0.29, 0.717) is 0 Å². The van der Waals surface area contributed by atoms with E-state index in [-0.39, 0.29) is 5.41 Å². The van der Waals surface area contributed by atoms with Crippen molar-refractivity contribution in [3.05, 3.63) is 35.4 Å². The molecule has 1 heterocycles. The van der Waals surface area contributed by atoms with E-state index in [4.69, 9.17) is 4.65 Å². The van der Waals surface area contributed by atoms with Gasteiger partial charge in [0.2, 0.25) is 0 Å². The number of halogens is 2. The molecule has 0 spiro atoms. The molecule has 1 aromatic rings. The summed E-state index contributed by atoms with van der Waals surface area (Å²) in [6.07, 6.45) is 0. The molecule has 1 aromatic carbocycles. The Kier molecular flexibility index (Phi) is 4.87. The fourth-order valence-electron chi connectivity index (χ4n) is 2.68. The van der Waals surface area contributed by atoms with Crippen molar-refractivity contribution in [2.45, 2.75) is 32.7 Å². The number of hydrogen-bond acceptors (Lipinski definition) is 1. The Labute approximate surface area is 150 Å². The van der Waals surface area contributed by atoms with Crippen LogP contribution in [-0.2, 0) is 16.6 Å². The van der Waals surface area contributed by atoms with Gasteiger partial charge in [0.05, 0.1) is 6.54 Å². The van der Waals surface area contributed by atoms with Crippen molar-refractivity contribution in [1.29, 1.82) is 0 Å². The molecule has 3 nitrogen and oxygen atoms in total. The Morgan fingerprint density at radius 3 is 2.14 bits per heavy atom. The summed E-state index contributed by atoms with van der Waals surface area (Å²) < 4.78 is 7.60. The van der Waals surface area contributed by atoms with E-state index in [9.17, 15) is 0 Å². The number of benzene rings is 1. The molecule has 6 heteroatoms. The average Bonchev–Trinajstić information content (AvgIpc) is 2.60. The van der Waals surface area contributed by atoms with Crippen molar-refractivity contribution in [3.63, 3.8) is 0 Å². The second-order valence-corrected chi connectivity index (χ2v) is 11.4. The summed E-state index contributed by atoms with van der Waals surface area (Å²) in [7, 11) is 6.27. The molecule has 1 aliphatic rings. The van der Waals surface area contributed by atoms with E-state index >= 15 is 0 Å². The Hall–Kier alpha value is -0.325. The highest BCUT2D eigenvalue weighted by Gasteiger charge is 2.52. The summed E-state index contributed by atoms with van der Waals surface area (Å²) in [5, 5.41) is 0. The van der Waals surface area contributed by atoms with E-state index in [1.807, 2.05) is 18.7 Å². The lowest BCUT2D eigenvalue weighted by Crippen LogP contribution is -2.55. The Bertz CT molecular complexity index is 589. The first-order valence-electron chi connectivity index (χ1n) is 7.61. The van der Waals surface area contributed by atoms with E-state index < -0.39 is 4.13 Å². The van der Waals surface area contributed by atoms with Gasteiger partial charge >= 0.3 is 10.0 Å². The summed E-state index contributed by atoms with van der Waals surface area (Å²) >= 11 is 7.52. The largest absolute Gasteiger partial charge is 0.598 e. The van der Waals surface area contributed by atoms with Crippen LogP contribution in [0.1, 0.15) is 31.9 Å². The van der Waals surface area contributed by atoms with Crippen LogP contribution in [0, 0.1) is 0 Å². The van der Waals surface area contributed by atoms with Crippen LogP contribution in [0.15, 0.2) is 24.3 Å². The summed E-state index contributed by atoms with van der Waals surface area (Å²) in [5.41, 5.74) is 2.88. The number of nitrogens with zero attached hydrogens (tertiary/aromatic N) is 2. The fraction of sp³-hybridized carbons (Fsp3) is 0.562. The minimum atomic E-state index is -1.30. The molecule has 0 saturated carbocycles. The lowest BCUT2D eigenvalue weighted by molar-refractivity contribution is -0.809. The van der Waals surface area contributed by atoms with Crippen LogP contribution in [0.3, 0.4) is 0 Å². The third-order valence-corrected chi connectivity index (χ3v) is 6.71.